The van der Waals surface area contributed by atoms with Gasteiger partial charge in [0.25, 0.3) is 0 Å². The minimum absolute atomic E-state index is 0.195. The standard InChI is InChI=1S/C8H10ClNOS2/c9-3-6-4-13-8(10-6)7-5-12-2-1-11-7/h4,7H,1-3,5H2. The number of hydrogen-bond donors (Lipinski definition) is 0. The van der Waals surface area contributed by atoms with Crippen LogP contribution in [0.4, 0.5) is 0 Å². The molecule has 13 heavy (non-hydrogen) atoms. The summed E-state index contributed by atoms with van der Waals surface area (Å²) in [7, 11) is 0. The van der Waals surface area contributed by atoms with Crippen molar-refractivity contribution in [2.45, 2.75) is 12.0 Å². The van der Waals surface area contributed by atoms with Crippen molar-refractivity contribution in [2.75, 3.05) is 18.1 Å². The maximum Gasteiger partial charge on any atom is 0.123 e. The molecule has 1 aliphatic heterocycles. The van der Waals surface area contributed by atoms with Crippen LogP contribution in [-0.2, 0) is 10.6 Å². The summed E-state index contributed by atoms with van der Waals surface area (Å²) in [5, 5.41) is 3.08. The zero-order chi connectivity index (χ0) is 9.10. The molecule has 1 aliphatic rings. The SMILES string of the molecule is ClCc1csc(C2CSCCO2)n1. The summed E-state index contributed by atoms with van der Waals surface area (Å²) >= 11 is 9.25. The normalized spacial score (nSPS) is 23.3. The number of thioether (sulfide) groups is 1. The van der Waals surface area contributed by atoms with Gasteiger partial charge >= 0.3 is 0 Å². The molecule has 1 aromatic heterocycles. The minimum atomic E-state index is 0.195. The Hall–Kier alpha value is 0.230. The Morgan fingerprint density at radius 1 is 1.69 bits per heavy atom. The number of hydrogen-bond acceptors (Lipinski definition) is 4. The maximum atomic E-state index is 5.68. The van der Waals surface area contributed by atoms with Crippen molar-refractivity contribution in [3.8, 4) is 0 Å². The van der Waals surface area contributed by atoms with Crippen molar-refractivity contribution in [2.24, 2.45) is 0 Å². The van der Waals surface area contributed by atoms with Crippen molar-refractivity contribution >= 4 is 34.7 Å². The lowest BCUT2D eigenvalue weighted by Crippen LogP contribution is -2.15. The number of rotatable bonds is 2. The smallest absolute Gasteiger partial charge is 0.123 e. The van der Waals surface area contributed by atoms with Crippen LogP contribution in [0.25, 0.3) is 0 Å². The van der Waals surface area contributed by atoms with Crippen LogP contribution in [0.5, 0.6) is 0 Å². The fourth-order valence-corrected chi connectivity index (χ4v) is 3.21. The molecule has 1 unspecified atom stereocenters. The molecule has 0 radical (unpaired) electrons. The van der Waals surface area contributed by atoms with Gasteiger partial charge in [-0.2, -0.15) is 11.8 Å². The first kappa shape index (κ1) is 9.77. The highest BCUT2D eigenvalue weighted by atomic mass is 35.5. The number of alkyl halides is 1. The molecule has 0 aromatic carbocycles. The monoisotopic (exact) mass is 235 g/mol. The third-order valence-corrected chi connectivity index (χ3v) is 4.05. The van der Waals surface area contributed by atoms with E-state index < -0.39 is 0 Å². The molecular formula is C8H10ClNOS2. The van der Waals surface area contributed by atoms with Crippen LogP contribution in [-0.4, -0.2) is 23.1 Å². The number of aromatic nitrogens is 1. The summed E-state index contributed by atoms with van der Waals surface area (Å²) < 4.78 is 5.61. The first-order valence-electron chi connectivity index (χ1n) is 4.10. The molecule has 72 valence electrons. The second-order valence-corrected chi connectivity index (χ2v) is 5.05. The van der Waals surface area contributed by atoms with Crippen LogP contribution in [0, 0.1) is 0 Å². The van der Waals surface area contributed by atoms with Crippen LogP contribution in [0.2, 0.25) is 0 Å². The zero-order valence-corrected chi connectivity index (χ0v) is 9.42. The van der Waals surface area contributed by atoms with Crippen LogP contribution < -0.4 is 0 Å². The largest absolute Gasteiger partial charge is 0.369 e. The van der Waals surface area contributed by atoms with Gasteiger partial charge in [-0.15, -0.1) is 22.9 Å². The average Bonchev–Trinajstić information content (AvgIpc) is 2.67. The van der Waals surface area contributed by atoms with E-state index >= 15 is 0 Å². The molecule has 0 aliphatic carbocycles. The summed E-state index contributed by atoms with van der Waals surface area (Å²) in [5.41, 5.74) is 0.959. The van der Waals surface area contributed by atoms with Crippen molar-refractivity contribution in [3.05, 3.63) is 16.1 Å². The van der Waals surface area contributed by atoms with Gasteiger partial charge in [-0.25, -0.2) is 4.98 Å². The highest BCUT2D eigenvalue weighted by Gasteiger charge is 2.19. The molecular weight excluding hydrogens is 226 g/mol. The Morgan fingerprint density at radius 3 is 3.23 bits per heavy atom. The lowest BCUT2D eigenvalue weighted by atomic mass is 10.4. The van der Waals surface area contributed by atoms with Gasteiger partial charge in [0, 0.05) is 16.9 Å². The number of ether oxygens (including phenoxy) is 1. The number of nitrogens with zero attached hydrogens (tertiary/aromatic N) is 1. The van der Waals surface area contributed by atoms with E-state index in [-0.39, 0.29) is 6.10 Å². The molecule has 0 saturated carbocycles. The number of halogens is 1. The molecule has 2 heterocycles. The van der Waals surface area contributed by atoms with E-state index in [1.165, 1.54) is 0 Å². The predicted molar refractivity (Wildman–Crippen MR) is 57.7 cm³/mol. The van der Waals surface area contributed by atoms with Crippen LogP contribution in [0.1, 0.15) is 16.8 Å². The first-order chi connectivity index (χ1) is 6.40. The molecule has 0 bridgehead atoms. The third-order valence-electron chi connectivity index (χ3n) is 1.80. The molecule has 1 saturated heterocycles. The Bertz CT molecular complexity index is 273. The predicted octanol–water partition coefficient (Wildman–Crippen LogP) is 2.69. The molecule has 1 fully saturated rings. The highest BCUT2D eigenvalue weighted by molar-refractivity contribution is 7.99. The summed E-state index contributed by atoms with van der Waals surface area (Å²) in [5.74, 6) is 2.62. The van der Waals surface area contributed by atoms with Crippen LogP contribution in [0.15, 0.2) is 5.38 Å². The van der Waals surface area contributed by atoms with Crippen molar-refractivity contribution in [1.29, 1.82) is 0 Å². The van der Waals surface area contributed by atoms with Crippen LogP contribution in [0.3, 0.4) is 0 Å². The van der Waals surface area contributed by atoms with Crippen molar-refractivity contribution < 1.29 is 4.74 Å². The summed E-state index contributed by atoms with van der Waals surface area (Å²) in [6.07, 6.45) is 0.195. The molecule has 1 atom stereocenters. The van der Waals surface area contributed by atoms with Crippen LogP contribution >= 0.6 is 34.7 Å². The summed E-state index contributed by atoms with van der Waals surface area (Å²) in [6.45, 7) is 0.838. The Labute approximate surface area is 90.7 Å². The van der Waals surface area contributed by atoms with E-state index in [4.69, 9.17) is 16.3 Å². The molecule has 2 rings (SSSR count). The molecule has 0 N–H and O–H groups in total. The van der Waals surface area contributed by atoms with Gasteiger partial charge in [0.15, 0.2) is 0 Å². The lowest BCUT2D eigenvalue weighted by Gasteiger charge is -2.19. The van der Waals surface area contributed by atoms with E-state index in [0.717, 1.165) is 28.8 Å². The maximum absolute atomic E-state index is 5.68. The fourth-order valence-electron chi connectivity index (χ4n) is 1.16. The Balaban J connectivity index is 2.05. The molecule has 2 nitrogen and oxygen atoms in total. The fraction of sp³-hybridized carbons (Fsp3) is 0.625. The topological polar surface area (TPSA) is 22.1 Å². The van der Waals surface area contributed by atoms with E-state index in [1.54, 1.807) is 11.3 Å². The average molecular weight is 236 g/mol. The molecule has 0 amide bonds. The van der Waals surface area contributed by atoms with Gasteiger partial charge in [-0.1, -0.05) is 0 Å². The van der Waals surface area contributed by atoms with Crippen molar-refractivity contribution in [3.63, 3.8) is 0 Å². The lowest BCUT2D eigenvalue weighted by molar-refractivity contribution is 0.0754. The van der Waals surface area contributed by atoms with E-state index in [9.17, 15) is 0 Å². The quantitative estimate of drug-likeness (QED) is 0.736. The zero-order valence-electron chi connectivity index (χ0n) is 7.03. The van der Waals surface area contributed by atoms with E-state index in [1.807, 2.05) is 17.1 Å². The van der Waals surface area contributed by atoms with Gasteiger partial charge < -0.3 is 4.74 Å². The third kappa shape index (κ3) is 2.37. The van der Waals surface area contributed by atoms with E-state index in [2.05, 4.69) is 4.98 Å². The van der Waals surface area contributed by atoms with Gasteiger partial charge in [-0.05, 0) is 0 Å². The second-order valence-electron chi connectivity index (χ2n) is 2.75. The second kappa shape index (κ2) is 4.64. The Morgan fingerprint density at radius 2 is 2.62 bits per heavy atom. The highest BCUT2D eigenvalue weighted by Crippen LogP contribution is 2.28. The Kier molecular flexibility index (Phi) is 3.49. The summed E-state index contributed by atoms with van der Waals surface area (Å²) in [4.78, 5) is 4.40. The summed E-state index contributed by atoms with van der Waals surface area (Å²) in [6, 6.07) is 0. The van der Waals surface area contributed by atoms with Gasteiger partial charge in [0.05, 0.1) is 18.2 Å². The van der Waals surface area contributed by atoms with Crippen molar-refractivity contribution in [1.82, 2.24) is 4.98 Å². The van der Waals surface area contributed by atoms with Gasteiger partial charge in [0.2, 0.25) is 0 Å². The van der Waals surface area contributed by atoms with Gasteiger partial charge in [0.1, 0.15) is 11.1 Å². The number of thiazole rings is 1. The molecule has 5 heteroatoms. The van der Waals surface area contributed by atoms with Gasteiger partial charge in [-0.3, -0.25) is 0 Å². The minimum Gasteiger partial charge on any atom is -0.369 e. The first-order valence-corrected chi connectivity index (χ1v) is 6.66. The van der Waals surface area contributed by atoms with E-state index in [0.29, 0.717) is 5.88 Å². The molecule has 0 spiro atoms. The molecule has 1 aromatic rings.